The van der Waals surface area contributed by atoms with Crippen LogP contribution in [-0.4, -0.2) is 23.9 Å². The van der Waals surface area contributed by atoms with Crippen LogP contribution in [0.4, 0.5) is 18.3 Å². The molecule has 3 nitrogen and oxygen atoms in total. The van der Waals surface area contributed by atoms with Gasteiger partial charge in [0.2, 0.25) is 5.13 Å². The Morgan fingerprint density at radius 3 is 2.66 bits per heavy atom. The molecule has 0 saturated carbocycles. The molecular formula is C22H18F3N3S. The maximum atomic E-state index is 13.2. The summed E-state index contributed by atoms with van der Waals surface area (Å²) in [6.07, 6.45) is -2.93. The SMILES string of the molecule is Cc1ccc(C)c(/C=N/N(CC(F)(F)F)c2nc3ccc4ccccc4c3s2)c1. The first-order valence-corrected chi connectivity index (χ1v) is 9.86. The summed E-state index contributed by atoms with van der Waals surface area (Å²) in [4.78, 5) is 4.43. The number of alkyl halides is 3. The molecule has 4 rings (SSSR count). The van der Waals surface area contributed by atoms with E-state index in [1.807, 2.05) is 68.4 Å². The number of fused-ring (bicyclic) bond motifs is 3. The van der Waals surface area contributed by atoms with E-state index in [1.165, 1.54) is 17.6 Å². The van der Waals surface area contributed by atoms with Crippen molar-refractivity contribution < 1.29 is 13.2 Å². The van der Waals surface area contributed by atoms with Crippen molar-refractivity contribution in [1.29, 1.82) is 0 Å². The average Bonchev–Trinajstić information content (AvgIpc) is 3.11. The van der Waals surface area contributed by atoms with Crippen LogP contribution in [0, 0.1) is 13.8 Å². The summed E-state index contributed by atoms with van der Waals surface area (Å²) in [6.45, 7) is 2.63. The second-order valence-corrected chi connectivity index (χ2v) is 7.89. The smallest absolute Gasteiger partial charge is 0.230 e. The predicted molar refractivity (Wildman–Crippen MR) is 114 cm³/mol. The lowest BCUT2D eigenvalue weighted by atomic mass is 10.1. The van der Waals surface area contributed by atoms with E-state index in [0.717, 1.165) is 37.2 Å². The summed E-state index contributed by atoms with van der Waals surface area (Å²) in [5.41, 5.74) is 3.41. The van der Waals surface area contributed by atoms with Crippen molar-refractivity contribution in [1.82, 2.24) is 4.98 Å². The highest BCUT2D eigenvalue weighted by Crippen LogP contribution is 2.35. The maximum Gasteiger partial charge on any atom is 0.408 e. The van der Waals surface area contributed by atoms with Crippen LogP contribution in [-0.2, 0) is 0 Å². The van der Waals surface area contributed by atoms with E-state index in [9.17, 15) is 13.2 Å². The van der Waals surface area contributed by atoms with Crippen LogP contribution in [0.25, 0.3) is 21.0 Å². The van der Waals surface area contributed by atoms with E-state index in [2.05, 4.69) is 10.1 Å². The molecule has 29 heavy (non-hydrogen) atoms. The first-order valence-electron chi connectivity index (χ1n) is 9.04. The number of aromatic nitrogens is 1. The van der Waals surface area contributed by atoms with Gasteiger partial charge in [0.25, 0.3) is 0 Å². The minimum absolute atomic E-state index is 0.218. The zero-order valence-electron chi connectivity index (χ0n) is 15.9. The summed E-state index contributed by atoms with van der Waals surface area (Å²) < 4.78 is 40.5. The fourth-order valence-electron chi connectivity index (χ4n) is 3.11. The van der Waals surface area contributed by atoms with Crippen molar-refractivity contribution in [3.8, 4) is 0 Å². The molecule has 7 heteroatoms. The van der Waals surface area contributed by atoms with E-state index >= 15 is 0 Å². The Hall–Kier alpha value is -2.93. The molecule has 0 unspecified atom stereocenters. The van der Waals surface area contributed by atoms with E-state index < -0.39 is 12.7 Å². The van der Waals surface area contributed by atoms with Crippen LogP contribution in [0.2, 0.25) is 0 Å². The highest BCUT2D eigenvalue weighted by atomic mass is 32.1. The zero-order valence-corrected chi connectivity index (χ0v) is 16.7. The fourth-order valence-corrected chi connectivity index (χ4v) is 4.17. The van der Waals surface area contributed by atoms with Crippen LogP contribution in [0.1, 0.15) is 16.7 Å². The molecule has 0 amide bonds. The zero-order chi connectivity index (χ0) is 20.6. The van der Waals surface area contributed by atoms with E-state index in [-0.39, 0.29) is 5.13 Å². The molecule has 4 aromatic rings. The molecule has 148 valence electrons. The molecule has 0 aliphatic rings. The molecule has 0 fully saturated rings. The molecule has 0 atom stereocenters. The number of hydrogen-bond donors (Lipinski definition) is 0. The van der Waals surface area contributed by atoms with Gasteiger partial charge < -0.3 is 0 Å². The van der Waals surface area contributed by atoms with Crippen molar-refractivity contribution in [2.45, 2.75) is 20.0 Å². The summed E-state index contributed by atoms with van der Waals surface area (Å²) in [5, 5.41) is 7.31. The predicted octanol–water partition coefficient (Wildman–Crippen LogP) is 6.47. The van der Waals surface area contributed by atoms with Crippen LogP contribution >= 0.6 is 11.3 Å². The molecule has 0 N–H and O–H groups in total. The number of anilines is 1. The average molecular weight is 413 g/mol. The summed E-state index contributed by atoms with van der Waals surface area (Å²) in [6, 6.07) is 17.3. The lowest BCUT2D eigenvalue weighted by Gasteiger charge is -2.17. The largest absolute Gasteiger partial charge is 0.408 e. The Balaban J connectivity index is 1.78. The number of halogens is 3. The first-order chi connectivity index (χ1) is 13.8. The minimum atomic E-state index is -4.40. The van der Waals surface area contributed by atoms with Crippen molar-refractivity contribution in [3.63, 3.8) is 0 Å². The van der Waals surface area contributed by atoms with Gasteiger partial charge in [0.1, 0.15) is 6.54 Å². The number of rotatable bonds is 4. The van der Waals surface area contributed by atoms with E-state index in [1.54, 1.807) is 0 Å². The number of hydrogen-bond acceptors (Lipinski definition) is 4. The third-order valence-corrected chi connectivity index (χ3v) is 5.71. The summed E-state index contributed by atoms with van der Waals surface area (Å²) >= 11 is 1.22. The van der Waals surface area contributed by atoms with Crippen molar-refractivity contribution in [3.05, 3.63) is 71.3 Å². The Kier molecular flexibility index (Phi) is 5.00. The molecule has 3 aromatic carbocycles. The lowest BCUT2D eigenvalue weighted by Crippen LogP contribution is -2.30. The van der Waals surface area contributed by atoms with Crippen molar-refractivity contribution in [2.24, 2.45) is 5.10 Å². The molecule has 0 aliphatic carbocycles. The Bertz CT molecular complexity index is 1210. The van der Waals surface area contributed by atoms with Gasteiger partial charge in [-0.15, -0.1) is 0 Å². The van der Waals surface area contributed by atoms with E-state index in [4.69, 9.17) is 0 Å². The quantitative estimate of drug-likeness (QED) is 0.283. The second kappa shape index (κ2) is 7.48. The standard InChI is InChI=1S/C22H18F3N3S/c1-14-7-8-15(2)17(11-14)12-26-28(13-22(23,24)25)21-27-19-10-9-16-5-3-4-6-18(16)20(19)29-21/h3-12H,13H2,1-2H3/b26-12+. The Morgan fingerprint density at radius 2 is 1.86 bits per heavy atom. The number of thiazole rings is 1. The number of benzene rings is 3. The van der Waals surface area contributed by atoms with Crippen LogP contribution in [0.3, 0.4) is 0 Å². The third kappa shape index (κ3) is 4.24. The third-order valence-electron chi connectivity index (χ3n) is 4.59. The fraction of sp³-hybridized carbons (Fsp3) is 0.182. The monoisotopic (exact) mass is 413 g/mol. The second-order valence-electron chi connectivity index (χ2n) is 6.91. The van der Waals surface area contributed by atoms with Gasteiger partial charge in [0, 0.05) is 5.39 Å². The normalized spacial score (nSPS) is 12.3. The van der Waals surface area contributed by atoms with Gasteiger partial charge in [0.05, 0.1) is 16.4 Å². The van der Waals surface area contributed by atoms with Gasteiger partial charge >= 0.3 is 6.18 Å². The van der Waals surface area contributed by atoms with Crippen LogP contribution < -0.4 is 5.01 Å². The van der Waals surface area contributed by atoms with Crippen molar-refractivity contribution in [2.75, 3.05) is 11.6 Å². The topological polar surface area (TPSA) is 28.5 Å². The van der Waals surface area contributed by atoms with Gasteiger partial charge in [0.15, 0.2) is 0 Å². The Labute approximate surface area is 170 Å². The number of hydrazone groups is 1. The maximum absolute atomic E-state index is 13.2. The van der Waals surface area contributed by atoms with Gasteiger partial charge in [-0.2, -0.15) is 18.3 Å². The molecule has 0 aliphatic heterocycles. The van der Waals surface area contributed by atoms with Crippen LogP contribution in [0.15, 0.2) is 59.7 Å². The molecule has 0 saturated heterocycles. The van der Waals surface area contributed by atoms with E-state index in [0.29, 0.717) is 5.52 Å². The van der Waals surface area contributed by atoms with Crippen molar-refractivity contribution >= 4 is 43.7 Å². The minimum Gasteiger partial charge on any atom is -0.230 e. The van der Waals surface area contributed by atoms with Crippen LogP contribution in [0.5, 0.6) is 0 Å². The number of aryl methyl sites for hydroxylation is 2. The summed E-state index contributed by atoms with van der Waals surface area (Å²) in [7, 11) is 0. The summed E-state index contributed by atoms with van der Waals surface area (Å²) in [5.74, 6) is 0. The Morgan fingerprint density at radius 1 is 1.07 bits per heavy atom. The molecule has 0 spiro atoms. The van der Waals surface area contributed by atoms with Gasteiger partial charge in [-0.05, 0) is 36.4 Å². The molecular weight excluding hydrogens is 395 g/mol. The van der Waals surface area contributed by atoms with Gasteiger partial charge in [-0.3, -0.25) is 0 Å². The van der Waals surface area contributed by atoms with Gasteiger partial charge in [-0.1, -0.05) is 65.4 Å². The number of nitrogens with zero attached hydrogens (tertiary/aromatic N) is 3. The molecule has 1 aromatic heterocycles. The molecule has 0 bridgehead atoms. The lowest BCUT2D eigenvalue weighted by molar-refractivity contribution is -0.119. The highest BCUT2D eigenvalue weighted by molar-refractivity contribution is 7.23. The highest BCUT2D eigenvalue weighted by Gasteiger charge is 2.32. The molecule has 0 radical (unpaired) electrons. The first kappa shape index (κ1) is 19.4. The van der Waals surface area contributed by atoms with Gasteiger partial charge in [-0.25, -0.2) is 9.99 Å². The molecule has 1 heterocycles.